The second-order valence-corrected chi connectivity index (χ2v) is 10.3. The van der Waals surface area contributed by atoms with E-state index in [-0.39, 0.29) is 27.8 Å². The highest BCUT2D eigenvalue weighted by atomic mass is 35.5. The number of rotatable bonds is 7. The second-order valence-electron chi connectivity index (χ2n) is 9.91. The molecule has 8 heteroatoms. The van der Waals surface area contributed by atoms with Crippen molar-refractivity contribution in [3.63, 3.8) is 0 Å². The lowest BCUT2D eigenvalue weighted by Crippen LogP contribution is -2.31. The third-order valence-corrected chi connectivity index (χ3v) is 7.89. The number of halogens is 3. The summed E-state index contributed by atoms with van der Waals surface area (Å²) >= 11 is 6.58. The summed E-state index contributed by atoms with van der Waals surface area (Å²) in [5, 5.41) is 2.35. The monoisotopic (exact) mass is 525 g/mol. The van der Waals surface area contributed by atoms with Gasteiger partial charge in [0.15, 0.2) is 0 Å². The van der Waals surface area contributed by atoms with Crippen LogP contribution in [-0.2, 0) is 24.9 Å². The topological polar surface area (TPSA) is 90.4 Å². The van der Waals surface area contributed by atoms with Gasteiger partial charge in [-0.25, -0.2) is 8.78 Å². The maximum atomic E-state index is 16.3. The number of fused-ring (bicyclic) bond motifs is 2. The Balaban J connectivity index is 1.73. The van der Waals surface area contributed by atoms with E-state index in [1.165, 1.54) is 13.1 Å². The van der Waals surface area contributed by atoms with Crippen LogP contribution in [0.15, 0.2) is 42.5 Å². The normalized spacial score (nSPS) is 19.9. The number of ether oxygens (including phenoxy) is 1. The van der Waals surface area contributed by atoms with Gasteiger partial charge < -0.3 is 21.5 Å². The molecule has 3 aromatic carbocycles. The van der Waals surface area contributed by atoms with Gasteiger partial charge in [0.2, 0.25) is 0 Å². The minimum atomic E-state index is -0.798. The molecule has 5 rings (SSSR count). The first-order chi connectivity index (χ1) is 17.8. The fraction of sp³-hybridized carbons (Fsp3) is 0.345. The van der Waals surface area contributed by atoms with Crippen molar-refractivity contribution in [1.29, 1.82) is 0 Å². The van der Waals surface area contributed by atoms with Crippen molar-refractivity contribution >= 4 is 17.5 Å². The van der Waals surface area contributed by atoms with E-state index in [2.05, 4.69) is 5.32 Å². The van der Waals surface area contributed by atoms with Crippen molar-refractivity contribution in [1.82, 2.24) is 5.32 Å². The lowest BCUT2D eigenvalue weighted by molar-refractivity contribution is 0.0793. The van der Waals surface area contributed by atoms with Gasteiger partial charge in [0.25, 0.3) is 5.91 Å². The number of nitrogens with one attached hydrogen (secondary N) is 1. The number of hydrogen-bond donors (Lipinski definition) is 3. The van der Waals surface area contributed by atoms with E-state index in [9.17, 15) is 4.79 Å². The highest BCUT2D eigenvalue weighted by Crippen LogP contribution is 2.52. The first-order valence-electron chi connectivity index (χ1n) is 12.6. The lowest BCUT2D eigenvalue weighted by Gasteiger charge is -2.29. The van der Waals surface area contributed by atoms with Gasteiger partial charge in [-0.05, 0) is 61.4 Å². The molecule has 194 valence electrons. The van der Waals surface area contributed by atoms with Gasteiger partial charge in [0.05, 0.1) is 10.6 Å². The number of amides is 1. The molecule has 5 N–H and O–H groups in total. The average Bonchev–Trinajstić information content (AvgIpc) is 3.46. The molecule has 0 aromatic heterocycles. The molecule has 0 saturated carbocycles. The summed E-state index contributed by atoms with van der Waals surface area (Å²) in [6.07, 6.45) is 3.37. The number of carbonyl (C=O) groups is 1. The molecule has 1 aliphatic heterocycles. The Morgan fingerprint density at radius 1 is 1.14 bits per heavy atom. The maximum absolute atomic E-state index is 16.3. The fourth-order valence-corrected chi connectivity index (χ4v) is 6.03. The molecule has 3 aromatic rings. The van der Waals surface area contributed by atoms with Crippen molar-refractivity contribution in [2.45, 2.75) is 50.2 Å². The van der Waals surface area contributed by atoms with E-state index in [0.717, 1.165) is 18.4 Å². The summed E-state index contributed by atoms with van der Waals surface area (Å²) in [5.41, 5.74) is 14.0. The zero-order valence-corrected chi connectivity index (χ0v) is 21.4. The molecule has 2 atom stereocenters. The highest BCUT2D eigenvalue weighted by molar-refractivity contribution is 6.34. The Morgan fingerprint density at radius 3 is 2.59 bits per heavy atom. The van der Waals surface area contributed by atoms with E-state index in [4.69, 9.17) is 27.8 Å². The number of unbranched alkanes of at least 4 members (excludes halogenated alkanes) is 1. The zero-order chi connectivity index (χ0) is 26.3. The predicted octanol–water partition coefficient (Wildman–Crippen LogP) is 5.03. The van der Waals surface area contributed by atoms with Gasteiger partial charge in [-0.15, -0.1) is 0 Å². The summed E-state index contributed by atoms with van der Waals surface area (Å²) in [7, 11) is 1.47. The van der Waals surface area contributed by atoms with Crippen LogP contribution >= 0.6 is 11.6 Å². The van der Waals surface area contributed by atoms with E-state index < -0.39 is 23.1 Å². The minimum absolute atomic E-state index is 0.0117. The summed E-state index contributed by atoms with van der Waals surface area (Å²) < 4.78 is 38.1. The van der Waals surface area contributed by atoms with Crippen molar-refractivity contribution in [3.8, 4) is 16.9 Å². The molecule has 0 spiro atoms. The van der Waals surface area contributed by atoms with Crippen LogP contribution in [0.25, 0.3) is 11.1 Å². The Kier molecular flexibility index (Phi) is 6.96. The number of nitrogens with two attached hydrogens (primary N) is 2. The van der Waals surface area contributed by atoms with Gasteiger partial charge in [0, 0.05) is 42.3 Å². The van der Waals surface area contributed by atoms with Crippen molar-refractivity contribution < 1.29 is 18.3 Å². The SMILES string of the molecule is CNC(=O)c1cc2c(c(F)c1-c1c(Cl)c(F)cc3c1CC(CCCCN)(c1ccccc1)O3)CC(N)C2. The highest BCUT2D eigenvalue weighted by Gasteiger charge is 2.44. The van der Waals surface area contributed by atoms with Gasteiger partial charge in [0.1, 0.15) is 23.0 Å². The molecule has 5 nitrogen and oxygen atoms in total. The molecular weight excluding hydrogens is 496 g/mol. The van der Waals surface area contributed by atoms with Crippen LogP contribution in [0.5, 0.6) is 5.75 Å². The smallest absolute Gasteiger partial charge is 0.251 e. The third-order valence-electron chi connectivity index (χ3n) is 7.52. The third kappa shape index (κ3) is 4.39. The Labute approximate surface area is 220 Å². The van der Waals surface area contributed by atoms with Crippen LogP contribution in [0.3, 0.4) is 0 Å². The molecule has 1 aliphatic carbocycles. The van der Waals surface area contributed by atoms with E-state index >= 15 is 8.78 Å². The van der Waals surface area contributed by atoms with Gasteiger partial charge in [-0.2, -0.15) is 0 Å². The van der Waals surface area contributed by atoms with Crippen molar-refractivity contribution in [2.75, 3.05) is 13.6 Å². The van der Waals surface area contributed by atoms with Crippen molar-refractivity contribution in [2.24, 2.45) is 11.5 Å². The van der Waals surface area contributed by atoms with Gasteiger partial charge >= 0.3 is 0 Å². The average molecular weight is 526 g/mol. The number of benzene rings is 3. The first-order valence-corrected chi connectivity index (χ1v) is 12.9. The van der Waals surface area contributed by atoms with Crippen molar-refractivity contribution in [3.05, 3.63) is 86.9 Å². The summed E-state index contributed by atoms with van der Waals surface area (Å²) in [4.78, 5) is 13.0. The number of hydrogen-bond acceptors (Lipinski definition) is 4. The predicted molar refractivity (Wildman–Crippen MR) is 141 cm³/mol. The van der Waals surface area contributed by atoms with Crippen LogP contribution in [0.2, 0.25) is 5.02 Å². The molecule has 1 amide bonds. The van der Waals surface area contributed by atoms with Gasteiger partial charge in [-0.1, -0.05) is 41.9 Å². The summed E-state index contributed by atoms with van der Waals surface area (Å²) in [5.74, 6) is -1.50. The van der Waals surface area contributed by atoms with Crippen LogP contribution in [-0.4, -0.2) is 25.5 Å². The van der Waals surface area contributed by atoms with Crippen LogP contribution in [0, 0.1) is 11.6 Å². The summed E-state index contributed by atoms with van der Waals surface area (Å²) in [6, 6.07) is 12.4. The lowest BCUT2D eigenvalue weighted by atomic mass is 9.82. The largest absolute Gasteiger partial charge is 0.482 e. The molecule has 37 heavy (non-hydrogen) atoms. The van der Waals surface area contributed by atoms with E-state index in [1.807, 2.05) is 30.3 Å². The molecule has 0 fully saturated rings. The fourth-order valence-electron chi connectivity index (χ4n) is 5.76. The Hall–Kier alpha value is -3.00. The van der Waals surface area contributed by atoms with Crippen LogP contribution in [0.4, 0.5) is 8.78 Å². The van der Waals surface area contributed by atoms with E-state index in [0.29, 0.717) is 54.7 Å². The number of carbonyl (C=O) groups excluding carboxylic acids is 1. The Bertz CT molecular complexity index is 1370. The second kappa shape index (κ2) is 10.0. The van der Waals surface area contributed by atoms with Crippen LogP contribution in [0.1, 0.15) is 51.9 Å². The van der Waals surface area contributed by atoms with Crippen LogP contribution < -0.4 is 21.5 Å². The molecule has 2 unspecified atom stereocenters. The summed E-state index contributed by atoms with van der Waals surface area (Å²) in [6.45, 7) is 0.543. The van der Waals surface area contributed by atoms with Gasteiger partial charge in [-0.3, -0.25) is 4.79 Å². The quantitative estimate of drug-likeness (QED) is 0.377. The molecule has 1 heterocycles. The molecule has 2 aliphatic rings. The standard InChI is InChI=1S/C29H30ClF2N3O2/c1-35-28(36)20-12-16-11-18(34)13-19(16)27(32)25(20)24-21-15-29(9-5-6-10-33,17-7-3-2-4-8-17)37-23(21)14-22(31)26(24)30/h2-4,7-8,12,14,18H,5-6,9-11,13,15,33-34H2,1H3,(H,35,36). The maximum Gasteiger partial charge on any atom is 0.251 e. The van der Waals surface area contributed by atoms with E-state index in [1.54, 1.807) is 6.07 Å². The minimum Gasteiger partial charge on any atom is -0.482 e. The molecular formula is C29H30ClF2N3O2. The Morgan fingerprint density at radius 2 is 1.89 bits per heavy atom. The zero-order valence-electron chi connectivity index (χ0n) is 20.7. The molecule has 0 bridgehead atoms. The first kappa shape index (κ1) is 25.6. The molecule has 0 saturated heterocycles. The molecule has 0 radical (unpaired) electrons.